The number of rotatable bonds is 4. The summed E-state index contributed by atoms with van der Waals surface area (Å²) in [5, 5.41) is 13.8. The van der Waals surface area contributed by atoms with Crippen LogP contribution in [0.15, 0.2) is 24.3 Å². The van der Waals surface area contributed by atoms with Crippen molar-refractivity contribution < 1.29 is 4.92 Å². The molecule has 0 radical (unpaired) electrons. The van der Waals surface area contributed by atoms with Crippen molar-refractivity contribution >= 4 is 23.1 Å². The van der Waals surface area contributed by atoms with E-state index in [-0.39, 0.29) is 10.6 Å². The zero-order valence-electron chi connectivity index (χ0n) is 9.59. The normalized spacial score (nSPS) is 16.7. The number of nitro groups is 1. The van der Waals surface area contributed by atoms with E-state index in [2.05, 4.69) is 5.32 Å². The molecule has 17 heavy (non-hydrogen) atoms. The first kappa shape index (κ1) is 12.2. The fourth-order valence-corrected chi connectivity index (χ4v) is 3.12. The fourth-order valence-electron chi connectivity index (χ4n) is 1.91. The Morgan fingerprint density at radius 2 is 1.94 bits per heavy atom. The zero-order valence-corrected chi connectivity index (χ0v) is 10.4. The van der Waals surface area contributed by atoms with E-state index in [1.165, 1.54) is 24.3 Å². The van der Waals surface area contributed by atoms with E-state index in [0.717, 1.165) is 18.2 Å². The van der Waals surface area contributed by atoms with Gasteiger partial charge in [-0.3, -0.25) is 10.1 Å². The Hall–Kier alpha value is -1.23. The van der Waals surface area contributed by atoms with Crippen LogP contribution in [0.1, 0.15) is 12.8 Å². The van der Waals surface area contributed by atoms with Crippen LogP contribution in [0.25, 0.3) is 0 Å². The van der Waals surface area contributed by atoms with Crippen molar-refractivity contribution in [3.63, 3.8) is 0 Å². The summed E-state index contributed by atoms with van der Waals surface area (Å²) < 4.78 is 0. The molecule has 0 saturated carbocycles. The lowest BCUT2D eigenvalue weighted by atomic mass is 10.0. The second-order valence-corrected chi connectivity index (χ2v) is 5.47. The number of nitrogens with one attached hydrogen (secondary N) is 1. The highest BCUT2D eigenvalue weighted by atomic mass is 32.2. The summed E-state index contributed by atoms with van der Waals surface area (Å²) in [5.41, 5.74) is 1.11. The molecule has 1 saturated heterocycles. The van der Waals surface area contributed by atoms with Gasteiger partial charge in [-0.2, -0.15) is 11.8 Å². The van der Waals surface area contributed by atoms with Crippen LogP contribution < -0.4 is 5.32 Å². The molecule has 5 heteroatoms. The molecule has 0 spiro atoms. The van der Waals surface area contributed by atoms with Gasteiger partial charge in [0.15, 0.2) is 0 Å². The molecule has 0 atom stereocenters. The standard InChI is InChI=1S/C12H16N2O2S/c15-14(16)12-3-1-11(2-4-12)13-9-10-5-7-17-8-6-10/h1-4,10,13H,5-9H2. The van der Waals surface area contributed by atoms with Gasteiger partial charge in [0.2, 0.25) is 0 Å². The van der Waals surface area contributed by atoms with Gasteiger partial charge >= 0.3 is 0 Å². The van der Waals surface area contributed by atoms with Crippen LogP contribution in [0.5, 0.6) is 0 Å². The van der Waals surface area contributed by atoms with Crippen molar-refractivity contribution in [1.82, 2.24) is 0 Å². The highest BCUT2D eigenvalue weighted by Crippen LogP contribution is 2.23. The van der Waals surface area contributed by atoms with Crippen LogP contribution in [0.3, 0.4) is 0 Å². The minimum atomic E-state index is -0.373. The van der Waals surface area contributed by atoms with Crippen LogP contribution in [0.2, 0.25) is 0 Å². The molecule has 1 aliphatic heterocycles. The van der Waals surface area contributed by atoms with Gasteiger partial charge in [-0.15, -0.1) is 0 Å². The molecule has 0 bridgehead atoms. The van der Waals surface area contributed by atoms with Crippen LogP contribution >= 0.6 is 11.8 Å². The third kappa shape index (κ3) is 3.63. The maximum Gasteiger partial charge on any atom is 0.269 e. The molecular formula is C12H16N2O2S. The summed E-state index contributed by atoms with van der Waals surface area (Å²) >= 11 is 2.02. The van der Waals surface area contributed by atoms with E-state index in [0.29, 0.717) is 0 Å². The van der Waals surface area contributed by atoms with E-state index in [1.54, 1.807) is 24.3 Å². The molecule has 2 rings (SSSR count). The summed E-state index contributed by atoms with van der Waals surface area (Å²) in [4.78, 5) is 10.1. The molecule has 4 nitrogen and oxygen atoms in total. The van der Waals surface area contributed by atoms with Crippen LogP contribution in [-0.2, 0) is 0 Å². The van der Waals surface area contributed by atoms with Crippen molar-refractivity contribution in [2.75, 3.05) is 23.4 Å². The molecule has 1 N–H and O–H groups in total. The molecule has 1 aliphatic rings. The summed E-state index contributed by atoms with van der Waals surface area (Å²) in [6.45, 7) is 0.971. The SMILES string of the molecule is O=[N+]([O-])c1ccc(NCC2CCSCC2)cc1. The lowest BCUT2D eigenvalue weighted by molar-refractivity contribution is -0.384. The quantitative estimate of drug-likeness (QED) is 0.660. The number of nitro benzene ring substituents is 1. The first-order valence-corrected chi connectivity index (χ1v) is 6.97. The highest BCUT2D eigenvalue weighted by Gasteiger charge is 2.13. The van der Waals surface area contributed by atoms with Gasteiger partial charge in [-0.05, 0) is 42.4 Å². The van der Waals surface area contributed by atoms with E-state index in [1.807, 2.05) is 11.8 Å². The maximum atomic E-state index is 10.5. The minimum Gasteiger partial charge on any atom is -0.385 e. The van der Waals surface area contributed by atoms with Crippen molar-refractivity contribution in [1.29, 1.82) is 0 Å². The topological polar surface area (TPSA) is 55.2 Å². The molecule has 0 aliphatic carbocycles. The summed E-state index contributed by atoms with van der Waals surface area (Å²) in [6.07, 6.45) is 2.54. The largest absolute Gasteiger partial charge is 0.385 e. The molecule has 0 unspecified atom stereocenters. The number of nitrogens with zero attached hydrogens (tertiary/aromatic N) is 1. The van der Waals surface area contributed by atoms with Gasteiger partial charge in [-0.1, -0.05) is 0 Å². The third-order valence-corrected chi connectivity index (χ3v) is 4.06. The van der Waals surface area contributed by atoms with Crippen molar-refractivity contribution in [2.24, 2.45) is 5.92 Å². The van der Waals surface area contributed by atoms with Gasteiger partial charge in [0, 0.05) is 24.4 Å². The number of hydrogen-bond donors (Lipinski definition) is 1. The molecule has 0 amide bonds. The molecule has 92 valence electrons. The molecule has 1 fully saturated rings. The molecular weight excluding hydrogens is 236 g/mol. The van der Waals surface area contributed by atoms with Crippen molar-refractivity contribution in [3.05, 3.63) is 34.4 Å². The van der Waals surface area contributed by atoms with Crippen molar-refractivity contribution in [2.45, 2.75) is 12.8 Å². The molecule has 1 aromatic carbocycles. The van der Waals surface area contributed by atoms with Gasteiger partial charge in [0.25, 0.3) is 5.69 Å². The Morgan fingerprint density at radius 3 is 2.53 bits per heavy atom. The lowest BCUT2D eigenvalue weighted by Crippen LogP contribution is -2.19. The number of hydrogen-bond acceptors (Lipinski definition) is 4. The van der Waals surface area contributed by atoms with Gasteiger partial charge in [0.05, 0.1) is 4.92 Å². The van der Waals surface area contributed by atoms with E-state index >= 15 is 0 Å². The van der Waals surface area contributed by atoms with Crippen LogP contribution in [0.4, 0.5) is 11.4 Å². The number of benzene rings is 1. The summed E-state index contributed by atoms with van der Waals surface area (Å²) in [5.74, 6) is 3.26. The predicted octanol–water partition coefficient (Wildman–Crippen LogP) is 3.15. The monoisotopic (exact) mass is 252 g/mol. The van der Waals surface area contributed by atoms with Crippen LogP contribution in [-0.4, -0.2) is 23.0 Å². The summed E-state index contributed by atoms with van der Waals surface area (Å²) in [6, 6.07) is 6.63. The Morgan fingerprint density at radius 1 is 1.29 bits per heavy atom. The second kappa shape index (κ2) is 5.91. The average Bonchev–Trinajstić information content (AvgIpc) is 2.38. The van der Waals surface area contributed by atoms with E-state index in [4.69, 9.17) is 0 Å². The molecule has 1 aromatic rings. The summed E-state index contributed by atoms with van der Waals surface area (Å²) in [7, 11) is 0. The van der Waals surface area contributed by atoms with Crippen LogP contribution in [0, 0.1) is 16.0 Å². The Kier molecular flexibility index (Phi) is 4.25. The Labute approximate surface area is 105 Å². The smallest absolute Gasteiger partial charge is 0.269 e. The van der Waals surface area contributed by atoms with E-state index < -0.39 is 0 Å². The third-order valence-electron chi connectivity index (χ3n) is 3.01. The van der Waals surface area contributed by atoms with Gasteiger partial charge < -0.3 is 5.32 Å². The average molecular weight is 252 g/mol. The highest BCUT2D eigenvalue weighted by molar-refractivity contribution is 7.99. The Balaban J connectivity index is 1.84. The molecule has 0 aromatic heterocycles. The minimum absolute atomic E-state index is 0.143. The van der Waals surface area contributed by atoms with E-state index in [9.17, 15) is 10.1 Å². The fraction of sp³-hybridized carbons (Fsp3) is 0.500. The lowest BCUT2D eigenvalue weighted by Gasteiger charge is -2.21. The number of thioether (sulfide) groups is 1. The maximum absolute atomic E-state index is 10.5. The zero-order chi connectivity index (χ0) is 12.1. The predicted molar refractivity (Wildman–Crippen MR) is 71.6 cm³/mol. The molecule has 1 heterocycles. The first-order chi connectivity index (χ1) is 8.25. The Bertz CT molecular complexity index is 375. The van der Waals surface area contributed by atoms with Crippen molar-refractivity contribution in [3.8, 4) is 0 Å². The number of anilines is 1. The van der Waals surface area contributed by atoms with Gasteiger partial charge in [0.1, 0.15) is 0 Å². The number of non-ortho nitro benzene ring substituents is 1. The first-order valence-electron chi connectivity index (χ1n) is 5.82. The van der Waals surface area contributed by atoms with Gasteiger partial charge in [-0.25, -0.2) is 0 Å². The second-order valence-electron chi connectivity index (χ2n) is 4.24.